The Balaban J connectivity index is 1.57. The Morgan fingerprint density at radius 3 is 3.09 bits per heavy atom. The van der Waals surface area contributed by atoms with Crippen LogP contribution in [0, 0.1) is 0 Å². The highest BCUT2D eigenvalue weighted by Crippen LogP contribution is 2.23. The summed E-state index contributed by atoms with van der Waals surface area (Å²) in [7, 11) is 0. The first-order chi connectivity index (χ1) is 11.3. The van der Waals surface area contributed by atoms with Gasteiger partial charge in [0.25, 0.3) is 0 Å². The molecule has 8 heteroatoms. The Morgan fingerprint density at radius 2 is 2.30 bits per heavy atom. The highest BCUT2D eigenvalue weighted by molar-refractivity contribution is 9.10. The van der Waals surface area contributed by atoms with Crippen molar-refractivity contribution in [2.75, 3.05) is 25.0 Å². The number of nitrogens with zero attached hydrogens (tertiary/aromatic N) is 4. The lowest BCUT2D eigenvalue weighted by Gasteiger charge is -2.23. The fraction of sp³-hybridized carbons (Fsp3) is 0.267. The molecule has 0 saturated carbocycles. The summed E-state index contributed by atoms with van der Waals surface area (Å²) in [6.45, 7) is 2.40. The van der Waals surface area contributed by atoms with Crippen LogP contribution in [-0.2, 0) is 4.74 Å². The lowest BCUT2D eigenvalue weighted by molar-refractivity contribution is 0.0250. The van der Waals surface area contributed by atoms with E-state index in [-0.39, 0.29) is 6.10 Å². The first-order valence-corrected chi connectivity index (χ1v) is 8.13. The molecule has 0 aliphatic carbocycles. The Bertz CT molecular complexity index is 812. The van der Waals surface area contributed by atoms with Crippen LogP contribution in [0.2, 0.25) is 0 Å². The fourth-order valence-electron chi connectivity index (χ4n) is 2.55. The van der Waals surface area contributed by atoms with Crippen molar-refractivity contribution in [1.29, 1.82) is 0 Å². The van der Waals surface area contributed by atoms with Gasteiger partial charge in [0.1, 0.15) is 10.7 Å². The molecule has 1 fully saturated rings. The minimum absolute atomic E-state index is 0.0146. The number of imidazole rings is 1. The topological polar surface area (TPSA) is 76.4 Å². The molecular weight excluding hydrogens is 360 g/mol. The van der Waals surface area contributed by atoms with Crippen LogP contribution in [0.3, 0.4) is 0 Å². The first-order valence-electron chi connectivity index (χ1n) is 7.34. The van der Waals surface area contributed by atoms with Gasteiger partial charge in [-0.2, -0.15) is 0 Å². The predicted octanol–water partition coefficient (Wildman–Crippen LogP) is 2.29. The molecule has 3 aromatic heterocycles. The van der Waals surface area contributed by atoms with Gasteiger partial charge in [0.2, 0.25) is 0 Å². The summed E-state index contributed by atoms with van der Waals surface area (Å²) in [5, 5.41) is 6.56. The average Bonchev–Trinajstić information content (AvgIpc) is 3.05. The van der Waals surface area contributed by atoms with Crippen LogP contribution in [0.25, 0.3) is 5.65 Å². The molecule has 1 saturated heterocycles. The smallest absolute Gasteiger partial charge is 0.180 e. The molecule has 3 aromatic rings. The Hall–Kier alpha value is -2.03. The van der Waals surface area contributed by atoms with Gasteiger partial charge in [0.05, 0.1) is 24.2 Å². The van der Waals surface area contributed by atoms with E-state index in [9.17, 15) is 0 Å². The second-order valence-electron chi connectivity index (χ2n) is 5.23. The number of pyridine rings is 1. The number of rotatable bonds is 3. The van der Waals surface area contributed by atoms with Gasteiger partial charge < -0.3 is 19.8 Å². The molecule has 0 aromatic carbocycles. The molecule has 4 heterocycles. The van der Waals surface area contributed by atoms with E-state index in [2.05, 4.69) is 41.5 Å². The maximum Gasteiger partial charge on any atom is 0.180 e. The number of anilines is 2. The minimum atomic E-state index is 0.0146. The average molecular weight is 375 g/mol. The zero-order chi connectivity index (χ0) is 15.6. The zero-order valence-corrected chi connectivity index (χ0v) is 13.8. The van der Waals surface area contributed by atoms with Crippen molar-refractivity contribution in [1.82, 2.24) is 24.7 Å². The molecule has 0 spiro atoms. The van der Waals surface area contributed by atoms with E-state index >= 15 is 0 Å². The summed E-state index contributed by atoms with van der Waals surface area (Å²) in [5.74, 6) is 0.675. The van der Waals surface area contributed by atoms with Crippen LogP contribution in [0.1, 0.15) is 11.8 Å². The van der Waals surface area contributed by atoms with Gasteiger partial charge in [-0.3, -0.25) is 4.98 Å². The zero-order valence-electron chi connectivity index (χ0n) is 12.2. The van der Waals surface area contributed by atoms with E-state index < -0.39 is 0 Å². The number of hydrogen-bond donors (Lipinski definition) is 2. The predicted molar refractivity (Wildman–Crippen MR) is 89.8 cm³/mol. The minimum Gasteiger partial charge on any atom is -0.369 e. The van der Waals surface area contributed by atoms with Crippen molar-refractivity contribution in [2.24, 2.45) is 0 Å². The number of morpholine rings is 1. The summed E-state index contributed by atoms with van der Waals surface area (Å²) in [5.41, 5.74) is 2.54. The third kappa shape index (κ3) is 3.05. The van der Waals surface area contributed by atoms with Gasteiger partial charge in [0, 0.05) is 31.7 Å². The Kier molecular flexibility index (Phi) is 3.94. The number of fused-ring (bicyclic) bond motifs is 1. The van der Waals surface area contributed by atoms with Crippen LogP contribution in [0.4, 0.5) is 11.5 Å². The largest absolute Gasteiger partial charge is 0.369 e. The number of ether oxygens (including phenoxy) is 1. The van der Waals surface area contributed by atoms with Crippen molar-refractivity contribution in [3.63, 3.8) is 0 Å². The van der Waals surface area contributed by atoms with Crippen molar-refractivity contribution < 1.29 is 4.74 Å². The lowest BCUT2D eigenvalue weighted by Crippen LogP contribution is -2.33. The van der Waals surface area contributed by atoms with Crippen molar-refractivity contribution >= 4 is 33.1 Å². The van der Waals surface area contributed by atoms with E-state index in [4.69, 9.17) is 4.74 Å². The highest BCUT2D eigenvalue weighted by Gasteiger charge is 2.16. The summed E-state index contributed by atoms with van der Waals surface area (Å²) < 4.78 is 8.35. The van der Waals surface area contributed by atoms with Crippen molar-refractivity contribution in [3.8, 4) is 0 Å². The van der Waals surface area contributed by atoms with Gasteiger partial charge >= 0.3 is 0 Å². The molecule has 2 N–H and O–H groups in total. The van der Waals surface area contributed by atoms with Crippen LogP contribution < -0.4 is 10.6 Å². The van der Waals surface area contributed by atoms with Crippen LogP contribution in [-0.4, -0.2) is 39.0 Å². The Labute approximate surface area is 141 Å². The van der Waals surface area contributed by atoms with Gasteiger partial charge in [-0.25, -0.2) is 9.97 Å². The number of hydrogen-bond acceptors (Lipinski definition) is 6. The Morgan fingerprint density at radius 1 is 1.35 bits per heavy atom. The number of halogens is 1. The first kappa shape index (κ1) is 14.6. The van der Waals surface area contributed by atoms with E-state index in [1.807, 2.05) is 28.9 Å². The van der Waals surface area contributed by atoms with Crippen LogP contribution in [0.15, 0.2) is 41.5 Å². The van der Waals surface area contributed by atoms with Gasteiger partial charge in [-0.15, -0.1) is 0 Å². The molecule has 4 rings (SSSR count). The molecule has 1 unspecified atom stereocenters. The van der Waals surface area contributed by atoms with E-state index in [0.717, 1.165) is 34.7 Å². The van der Waals surface area contributed by atoms with E-state index in [1.165, 1.54) is 0 Å². The molecule has 0 amide bonds. The summed E-state index contributed by atoms with van der Waals surface area (Å²) in [4.78, 5) is 13.3. The molecule has 1 aliphatic heterocycles. The second kappa shape index (κ2) is 6.23. The molecule has 0 bridgehead atoms. The molecule has 1 atom stereocenters. The van der Waals surface area contributed by atoms with Gasteiger partial charge in [-0.1, -0.05) is 0 Å². The van der Waals surface area contributed by atoms with E-state index in [0.29, 0.717) is 12.4 Å². The van der Waals surface area contributed by atoms with Gasteiger partial charge in [-0.05, 0) is 28.1 Å². The standard InChI is InChI=1S/C15H15BrN6O/c16-13-9-22-5-3-18-15(22)14(21-13)20-10-1-2-11(19-7-10)12-8-17-4-6-23-12/h1-3,5,7,9,12,17H,4,6,8H2,(H,20,21). The molecule has 0 radical (unpaired) electrons. The SMILES string of the molecule is Brc1cn2ccnc2c(Nc2ccc(C3CNCCO3)nc2)n1. The second-order valence-corrected chi connectivity index (χ2v) is 6.04. The summed E-state index contributed by atoms with van der Waals surface area (Å²) in [6, 6.07) is 3.95. The molecular formula is C15H15BrN6O. The number of nitrogens with one attached hydrogen (secondary N) is 2. The summed E-state index contributed by atoms with van der Waals surface area (Å²) in [6.07, 6.45) is 7.28. The van der Waals surface area contributed by atoms with E-state index in [1.54, 1.807) is 12.4 Å². The lowest BCUT2D eigenvalue weighted by atomic mass is 10.2. The monoisotopic (exact) mass is 374 g/mol. The van der Waals surface area contributed by atoms with Crippen molar-refractivity contribution in [2.45, 2.75) is 6.10 Å². The molecule has 23 heavy (non-hydrogen) atoms. The van der Waals surface area contributed by atoms with Crippen LogP contribution in [0.5, 0.6) is 0 Å². The third-order valence-corrected chi connectivity index (χ3v) is 4.03. The van der Waals surface area contributed by atoms with Crippen molar-refractivity contribution in [3.05, 3.63) is 47.2 Å². The maximum absolute atomic E-state index is 5.71. The van der Waals surface area contributed by atoms with Crippen LogP contribution >= 0.6 is 15.9 Å². The molecule has 7 nitrogen and oxygen atoms in total. The fourth-order valence-corrected chi connectivity index (χ4v) is 2.94. The normalized spacial score (nSPS) is 18.2. The highest BCUT2D eigenvalue weighted by atomic mass is 79.9. The third-order valence-electron chi connectivity index (χ3n) is 3.65. The van der Waals surface area contributed by atoms with Gasteiger partial charge in [0.15, 0.2) is 11.5 Å². The number of aromatic nitrogens is 4. The summed E-state index contributed by atoms with van der Waals surface area (Å²) >= 11 is 3.41. The quantitative estimate of drug-likeness (QED) is 0.732. The maximum atomic E-state index is 5.71. The molecule has 118 valence electrons. The molecule has 1 aliphatic rings.